The molecule has 0 unspecified atom stereocenters. The number of rotatable bonds is 5. The van der Waals surface area contributed by atoms with Crippen LogP contribution >= 0.6 is 0 Å². The van der Waals surface area contributed by atoms with Gasteiger partial charge < -0.3 is 24.7 Å². The molecule has 1 aliphatic carbocycles. The fourth-order valence-corrected chi connectivity index (χ4v) is 5.19. The number of fused-ring (bicyclic) bond motifs is 1. The standard InChI is InChI=1S/C24H32N2O4.CH2O2/c1-23(25-21(27)14-17-6-7-17)10-13-29-24(22(23)28)8-11-26(12-9-24)16-19-15-18-4-2-3-5-20(18)30-19;2-1-3/h2-5,15,17,22,28H,6-14,16H2,1H3,(H,25,27);1H,(H,2,3)/t22-,23+;/m0./s1. The zero-order valence-corrected chi connectivity index (χ0v) is 19.2. The smallest absolute Gasteiger partial charge is 0.290 e. The number of hydrogen-bond acceptors (Lipinski definition) is 6. The van der Waals surface area contributed by atoms with Gasteiger partial charge in [-0.15, -0.1) is 0 Å². The molecule has 1 spiro atoms. The highest BCUT2D eigenvalue weighted by Crippen LogP contribution is 2.41. The van der Waals surface area contributed by atoms with E-state index in [9.17, 15) is 9.90 Å². The quantitative estimate of drug-likeness (QED) is 0.591. The molecule has 2 atom stereocenters. The molecule has 1 saturated carbocycles. The van der Waals surface area contributed by atoms with E-state index in [0.29, 0.717) is 25.4 Å². The highest BCUT2D eigenvalue weighted by Gasteiger charge is 2.53. The van der Waals surface area contributed by atoms with Crippen molar-refractivity contribution in [2.45, 2.75) is 69.2 Å². The summed E-state index contributed by atoms with van der Waals surface area (Å²) in [5.74, 6) is 1.58. The molecule has 2 saturated heterocycles. The average Bonchev–Trinajstić information content (AvgIpc) is 3.50. The molecule has 2 aromatic rings. The second kappa shape index (κ2) is 9.83. The largest absolute Gasteiger partial charge is 0.483 e. The van der Waals surface area contributed by atoms with Gasteiger partial charge in [0.1, 0.15) is 17.4 Å². The van der Waals surface area contributed by atoms with Crippen LogP contribution in [0.25, 0.3) is 11.0 Å². The van der Waals surface area contributed by atoms with Crippen LogP contribution in [0.2, 0.25) is 0 Å². The predicted molar refractivity (Wildman–Crippen MR) is 123 cm³/mol. The molecule has 3 heterocycles. The van der Waals surface area contributed by atoms with Gasteiger partial charge in [-0.1, -0.05) is 18.2 Å². The molecular weight excluding hydrogens is 424 g/mol. The first-order valence-corrected chi connectivity index (χ1v) is 11.8. The van der Waals surface area contributed by atoms with Gasteiger partial charge in [0.25, 0.3) is 6.47 Å². The number of furan rings is 1. The topological polar surface area (TPSA) is 112 Å². The van der Waals surface area contributed by atoms with E-state index in [1.165, 1.54) is 0 Å². The first-order chi connectivity index (χ1) is 15.9. The lowest BCUT2D eigenvalue weighted by molar-refractivity contribution is -0.208. The van der Waals surface area contributed by atoms with E-state index >= 15 is 0 Å². The third-order valence-corrected chi connectivity index (χ3v) is 7.27. The summed E-state index contributed by atoms with van der Waals surface area (Å²) in [6.07, 6.45) is 4.35. The fraction of sp³-hybridized carbons (Fsp3) is 0.600. The minimum atomic E-state index is -0.699. The van der Waals surface area contributed by atoms with E-state index in [1.807, 2.05) is 25.1 Å². The minimum absolute atomic E-state index is 0.0680. The predicted octanol–water partition coefficient (Wildman–Crippen LogP) is 2.92. The van der Waals surface area contributed by atoms with Gasteiger partial charge in [0, 0.05) is 31.5 Å². The van der Waals surface area contributed by atoms with Gasteiger partial charge in [-0.25, -0.2) is 0 Å². The van der Waals surface area contributed by atoms with Crippen molar-refractivity contribution >= 4 is 23.3 Å². The minimum Gasteiger partial charge on any atom is -0.483 e. The van der Waals surface area contributed by atoms with E-state index in [4.69, 9.17) is 19.1 Å². The summed E-state index contributed by atoms with van der Waals surface area (Å²) >= 11 is 0. The van der Waals surface area contributed by atoms with Crippen molar-refractivity contribution in [3.8, 4) is 0 Å². The number of nitrogens with one attached hydrogen (secondary N) is 1. The van der Waals surface area contributed by atoms with E-state index in [1.54, 1.807) is 0 Å². The van der Waals surface area contributed by atoms with Gasteiger partial charge in [0.2, 0.25) is 5.91 Å². The Labute approximate surface area is 193 Å². The van der Waals surface area contributed by atoms with Crippen LogP contribution in [0.5, 0.6) is 0 Å². The van der Waals surface area contributed by atoms with Crippen molar-refractivity contribution in [3.63, 3.8) is 0 Å². The number of amides is 1. The number of nitrogens with zero attached hydrogens (tertiary/aromatic N) is 1. The number of likely N-dealkylation sites (tertiary alicyclic amines) is 1. The Balaban J connectivity index is 0.000000821. The van der Waals surface area contributed by atoms with Gasteiger partial charge >= 0.3 is 0 Å². The van der Waals surface area contributed by atoms with Crippen LogP contribution in [-0.2, 0) is 20.9 Å². The Morgan fingerprint density at radius 2 is 1.94 bits per heavy atom. The molecule has 33 heavy (non-hydrogen) atoms. The molecule has 0 radical (unpaired) electrons. The molecule has 1 amide bonds. The third kappa shape index (κ3) is 5.39. The Kier molecular flexibility index (Phi) is 7.07. The summed E-state index contributed by atoms with van der Waals surface area (Å²) in [6, 6.07) is 10.2. The number of benzene rings is 1. The second-order valence-corrected chi connectivity index (χ2v) is 9.81. The molecule has 5 rings (SSSR count). The Morgan fingerprint density at radius 3 is 2.61 bits per heavy atom. The highest BCUT2D eigenvalue weighted by atomic mass is 16.5. The zero-order chi connectivity index (χ0) is 23.5. The van der Waals surface area contributed by atoms with E-state index in [-0.39, 0.29) is 12.4 Å². The van der Waals surface area contributed by atoms with Crippen LogP contribution in [0.15, 0.2) is 34.7 Å². The van der Waals surface area contributed by atoms with Crippen molar-refractivity contribution in [1.29, 1.82) is 0 Å². The average molecular weight is 459 g/mol. The van der Waals surface area contributed by atoms with Crippen molar-refractivity contribution in [2.75, 3.05) is 19.7 Å². The van der Waals surface area contributed by atoms with E-state index < -0.39 is 17.2 Å². The number of carboxylic acid groups (broad SMARTS) is 1. The summed E-state index contributed by atoms with van der Waals surface area (Å²) in [4.78, 5) is 23.2. The number of carbonyl (C=O) groups is 2. The highest BCUT2D eigenvalue weighted by molar-refractivity contribution is 5.78. The van der Waals surface area contributed by atoms with Gasteiger partial charge in [0.05, 0.1) is 17.7 Å². The van der Waals surface area contributed by atoms with Crippen LogP contribution in [0.4, 0.5) is 0 Å². The molecule has 0 bridgehead atoms. The van der Waals surface area contributed by atoms with Crippen molar-refractivity contribution in [3.05, 3.63) is 36.1 Å². The van der Waals surface area contributed by atoms with Crippen LogP contribution in [0.3, 0.4) is 0 Å². The van der Waals surface area contributed by atoms with E-state index in [0.717, 1.165) is 62.0 Å². The number of piperidine rings is 1. The van der Waals surface area contributed by atoms with Gasteiger partial charge in [-0.2, -0.15) is 0 Å². The second-order valence-electron chi connectivity index (χ2n) is 9.81. The maximum Gasteiger partial charge on any atom is 0.290 e. The lowest BCUT2D eigenvalue weighted by Gasteiger charge is -2.53. The van der Waals surface area contributed by atoms with Crippen LogP contribution in [0.1, 0.15) is 51.2 Å². The molecular formula is C25H34N2O6. The maximum atomic E-state index is 12.4. The number of hydrogen-bond donors (Lipinski definition) is 3. The summed E-state index contributed by atoms with van der Waals surface area (Å²) in [5.41, 5.74) is -0.278. The number of para-hydroxylation sites is 1. The SMILES string of the molecule is C[C@@]1(NC(=O)CC2CC2)CCOC2(CCN(Cc3cc4ccccc4o3)CC2)[C@H]1O.O=CO. The first kappa shape index (κ1) is 23.7. The Bertz CT molecular complexity index is 930. The molecule has 3 aliphatic rings. The fourth-order valence-electron chi connectivity index (χ4n) is 5.19. The molecule has 1 aromatic carbocycles. The van der Waals surface area contributed by atoms with E-state index in [2.05, 4.69) is 22.3 Å². The monoisotopic (exact) mass is 458 g/mol. The van der Waals surface area contributed by atoms with Gasteiger partial charge in [0.15, 0.2) is 0 Å². The summed E-state index contributed by atoms with van der Waals surface area (Å²) < 4.78 is 12.2. The van der Waals surface area contributed by atoms with Crippen molar-refractivity contribution in [1.82, 2.24) is 10.2 Å². The third-order valence-electron chi connectivity index (χ3n) is 7.27. The lowest BCUT2D eigenvalue weighted by atomic mass is 9.73. The van der Waals surface area contributed by atoms with Gasteiger partial charge in [-0.3, -0.25) is 14.5 Å². The zero-order valence-electron chi connectivity index (χ0n) is 19.2. The first-order valence-electron chi connectivity index (χ1n) is 11.8. The van der Waals surface area contributed by atoms with Crippen LogP contribution in [-0.4, -0.2) is 64.4 Å². The van der Waals surface area contributed by atoms with Crippen LogP contribution in [0, 0.1) is 5.92 Å². The molecule has 180 valence electrons. The van der Waals surface area contributed by atoms with Crippen molar-refractivity contribution < 1.29 is 29.0 Å². The normalized spacial score (nSPS) is 27.0. The lowest BCUT2D eigenvalue weighted by Crippen LogP contribution is -2.69. The van der Waals surface area contributed by atoms with Crippen LogP contribution < -0.4 is 5.32 Å². The molecule has 8 nitrogen and oxygen atoms in total. The van der Waals surface area contributed by atoms with Gasteiger partial charge in [-0.05, 0) is 57.1 Å². The number of aliphatic hydroxyl groups excluding tert-OH is 1. The summed E-state index contributed by atoms with van der Waals surface area (Å²) in [6.45, 7) is 4.73. The number of carbonyl (C=O) groups excluding carboxylic acids is 1. The molecule has 2 aliphatic heterocycles. The molecule has 3 fully saturated rings. The maximum absolute atomic E-state index is 12.4. The van der Waals surface area contributed by atoms with Crippen molar-refractivity contribution in [2.24, 2.45) is 5.92 Å². The summed E-state index contributed by atoms with van der Waals surface area (Å²) in [7, 11) is 0. The Morgan fingerprint density at radius 1 is 1.24 bits per heavy atom. The molecule has 8 heteroatoms. The number of ether oxygens (including phenoxy) is 1. The molecule has 1 aromatic heterocycles. The number of aliphatic hydroxyl groups is 1. The summed E-state index contributed by atoms with van der Waals surface area (Å²) in [5, 5.41) is 22.5. The Hall–Kier alpha value is -2.42. The molecule has 3 N–H and O–H groups in total.